The number of carbonyl (C=O) groups is 1. The Bertz CT molecular complexity index is 522. The third-order valence-electron chi connectivity index (χ3n) is 2.88. The Morgan fingerprint density at radius 2 is 2.20 bits per heavy atom. The third-order valence-corrected chi connectivity index (χ3v) is 3.64. The zero-order valence-corrected chi connectivity index (χ0v) is 12.1. The highest BCUT2D eigenvalue weighted by molar-refractivity contribution is 7.14. The quantitative estimate of drug-likeness (QED) is 0.732. The monoisotopic (exact) mass is 293 g/mol. The summed E-state index contributed by atoms with van der Waals surface area (Å²) >= 11 is 1.40. The molecule has 0 aliphatic rings. The van der Waals surface area contributed by atoms with Crippen molar-refractivity contribution >= 4 is 22.4 Å². The molecule has 2 rings (SSSR count). The first kappa shape index (κ1) is 14.7. The number of rotatable bonds is 8. The maximum atomic E-state index is 11.7. The van der Waals surface area contributed by atoms with Gasteiger partial charge in [0.05, 0.1) is 6.26 Å². The fourth-order valence-electron chi connectivity index (χ4n) is 1.83. The number of thiazole rings is 1. The lowest BCUT2D eigenvalue weighted by Crippen LogP contribution is -2.10. The predicted molar refractivity (Wildman–Crippen MR) is 80.6 cm³/mol. The lowest BCUT2D eigenvalue weighted by molar-refractivity contribution is -0.116. The SMILES string of the molecule is NCCCCCCC(=O)Nc1nc(-c2ccco2)cs1. The number of furan rings is 1. The number of hydrogen-bond acceptors (Lipinski definition) is 5. The molecule has 5 nitrogen and oxygen atoms in total. The Hall–Kier alpha value is -1.66. The summed E-state index contributed by atoms with van der Waals surface area (Å²) in [6.07, 6.45) is 6.18. The fraction of sp³-hybridized carbons (Fsp3) is 0.429. The number of amides is 1. The van der Waals surface area contributed by atoms with Crippen LogP contribution in [0.25, 0.3) is 11.5 Å². The van der Waals surface area contributed by atoms with Gasteiger partial charge in [-0.25, -0.2) is 4.98 Å². The molecule has 3 N–H and O–H groups in total. The standard InChI is InChI=1S/C14H19N3O2S/c15-8-4-2-1-3-7-13(18)17-14-16-11(10-20-14)12-6-5-9-19-12/h5-6,9-10H,1-4,7-8,15H2,(H,16,17,18). The molecule has 0 aromatic carbocycles. The summed E-state index contributed by atoms with van der Waals surface area (Å²) in [6.45, 7) is 0.723. The molecule has 0 unspecified atom stereocenters. The van der Waals surface area contributed by atoms with Crippen LogP contribution in [-0.4, -0.2) is 17.4 Å². The largest absolute Gasteiger partial charge is 0.463 e. The van der Waals surface area contributed by atoms with Crippen molar-refractivity contribution in [1.82, 2.24) is 4.98 Å². The van der Waals surface area contributed by atoms with Crippen LogP contribution in [-0.2, 0) is 4.79 Å². The molecule has 108 valence electrons. The average molecular weight is 293 g/mol. The molecule has 0 aliphatic heterocycles. The summed E-state index contributed by atoms with van der Waals surface area (Å²) in [5.74, 6) is 0.724. The fourth-order valence-corrected chi connectivity index (χ4v) is 2.55. The van der Waals surface area contributed by atoms with Crippen molar-refractivity contribution in [2.24, 2.45) is 5.73 Å². The maximum absolute atomic E-state index is 11.7. The summed E-state index contributed by atoms with van der Waals surface area (Å²) in [4.78, 5) is 16.1. The molecule has 0 fully saturated rings. The zero-order valence-electron chi connectivity index (χ0n) is 11.3. The van der Waals surface area contributed by atoms with Crippen LogP contribution in [0.5, 0.6) is 0 Å². The van der Waals surface area contributed by atoms with Crippen LogP contribution >= 0.6 is 11.3 Å². The Labute approximate surface area is 122 Å². The van der Waals surface area contributed by atoms with Crippen molar-refractivity contribution < 1.29 is 9.21 Å². The van der Waals surface area contributed by atoms with Gasteiger partial charge in [0.2, 0.25) is 5.91 Å². The summed E-state index contributed by atoms with van der Waals surface area (Å²) in [5.41, 5.74) is 6.17. The molecule has 0 saturated heterocycles. The predicted octanol–water partition coefficient (Wildman–Crippen LogP) is 3.25. The topological polar surface area (TPSA) is 81.2 Å². The van der Waals surface area contributed by atoms with E-state index >= 15 is 0 Å². The molecule has 0 atom stereocenters. The van der Waals surface area contributed by atoms with Crippen molar-refractivity contribution in [1.29, 1.82) is 0 Å². The van der Waals surface area contributed by atoms with Gasteiger partial charge in [-0.3, -0.25) is 4.79 Å². The third kappa shape index (κ3) is 4.47. The molecule has 0 saturated carbocycles. The van der Waals surface area contributed by atoms with Crippen molar-refractivity contribution in [2.75, 3.05) is 11.9 Å². The van der Waals surface area contributed by atoms with E-state index in [4.69, 9.17) is 10.2 Å². The first-order chi connectivity index (χ1) is 9.79. The van der Waals surface area contributed by atoms with E-state index in [1.54, 1.807) is 6.26 Å². The van der Waals surface area contributed by atoms with Crippen LogP contribution in [0.15, 0.2) is 28.2 Å². The van der Waals surface area contributed by atoms with Crippen molar-refractivity contribution in [3.63, 3.8) is 0 Å². The Kier molecular flexibility index (Phi) is 5.76. The van der Waals surface area contributed by atoms with Gasteiger partial charge >= 0.3 is 0 Å². The van der Waals surface area contributed by atoms with Gasteiger partial charge in [0.15, 0.2) is 10.9 Å². The Morgan fingerprint density at radius 3 is 2.95 bits per heavy atom. The first-order valence-corrected chi connectivity index (χ1v) is 7.67. The van der Waals surface area contributed by atoms with Gasteiger partial charge in [0, 0.05) is 11.8 Å². The number of nitrogens with zero attached hydrogens (tertiary/aromatic N) is 1. The summed E-state index contributed by atoms with van der Waals surface area (Å²) in [7, 11) is 0. The molecule has 2 aromatic rings. The number of hydrogen-bond donors (Lipinski definition) is 2. The summed E-state index contributed by atoms with van der Waals surface area (Å²) < 4.78 is 5.26. The van der Waals surface area contributed by atoms with Crippen molar-refractivity contribution in [2.45, 2.75) is 32.1 Å². The molecule has 0 bridgehead atoms. The summed E-state index contributed by atoms with van der Waals surface area (Å²) in [5, 5.41) is 5.30. The smallest absolute Gasteiger partial charge is 0.226 e. The Morgan fingerprint density at radius 1 is 1.35 bits per heavy atom. The minimum absolute atomic E-state index is 0.0121. The first-order valence-electron chi connectivity index (χ1n) is 6.79. The number of carbonyl (C=O) groups excluding carboxylic acids is 1. The van der Waals surface area contributed by atoms with E-state index in [9.17, 15) is 4.79 Å². The lowest BCUT2D eigenvalue weighted by Gasteiger charge is -2.01. The van der Waals surface area contributed by atoms with Crippen molar-refractivity contribution in [3.05, 3.63) is 23.8 Å². The van der Waals surface area contributed by atoms with Crippen LogP contribution in [0.4, 0.5) is 5.13 Å². The number of nitrogens with one attached hydrogen (secondary N) is 1. The number of nitrogens with two attached hydrogens (primary N) is 1. The van der Waals surface area contributed by atoms with Gasteiger partial charge in [-0.1, -0.05) is 12.8 Å². The minimum atomic E-state index is 0.0121. The van der Waals surface area contributed by atoms with E-state index in [2.05, 4.69) is 10.3 Å². The molecular formula is C14H19N3O2S. The molecule has 0 aliphatic carbocycles. The minimum Gasteiger partial charge on any atom is -0.463 e. The highest BCUT2D eigenvalue weighted by atomic mass is 32.1. The van der Waals surface area contributed by atoms with Gasteiger partial charge in [-0.2, -0.15) is 0 Å². The lowest BCUT2D eigenvalue weighted by atomic mass is 10.1. The molecular weight excluding hydrogens is 274 g/mol. The van der Waals surface area contributed by atoms with Crippen LogP contribution < -0.4 is 11.1 Å². The molecule has 0 spiro atoms. The van der Waals surface area contributed by atoms with Crippen LogP contribution in [0.2, 0.25) is 0 Å². The van der Waals surface area contributed by atoms with Gasteiger partial charge < -0.3 is 15.5 Å². The molecule has 2 heterocycles. The van der Waals surface area contributed by atoms with E-state index in [1.807, 2.05) is 17.5 Å². The summed E-state index contributed by atoms with van der Waals surface area (Å²) in [6, 6.07) is 3.66. The molecule has 2 aromatic heterocycles. The van der Waals surface area contributed by atoms with Crippen LogP contribution in [0.1, 0.15) is 32.1 Å². The van der Waals surface area contributed by atoms with Gasteiger partial charge in [-0.05, 0) is 31.5 Å². The molecule has 0 radical (unpaired) electrons. The zero-order chi connectivity index (χ0) is 14.2. The van der Waals surface area contributed by atoms with Gasteiger partial charge in [-0.15, -0.1) is 11.3 Å². The number of unbranched alkanes of at least 4 members (excludes halogenated alkanes) is 3. The van der Waals surface area contributed by atoms with Gasteiger partial charge in [0.25, 0.3) is 0 Å². The highest BCUT2D eigenvalue weighted by Gasteiger charge is 2.09. The van der Waals surface area contributed by atoms with E-state index in [-0.39, 0.29) is 5.91 Å². The molecule has 6 heteroatoms. The normalized spacial score (nSPS) is 10.7. The molecule has 20 heavy (non-hydrogen) atoms. The Balaban J connectivity index is 1.74. The van der Waals surface area contributed by atoms with E-state index in [1.165, 1.54) is 11.3 Å². The highest BCUT2D eigenvalue weighted by Crippen LogP contribution is 2.25. The second kappa shape index (κ2) is 7.81. The van der Waals surface area contributed by atoms with Crippen LogP contribution in [0.3, 0.4) is 0 Å². The van der Waals surface area contributed by atoms with E-state index in [0.29, 0.717) is 17.3 Å². The van der Waals surface area contributed by atoms with Crippen LogP contribution in [0, 0.1) is 0 Å². The second-order valence-electron chi connectivity index (χ2n) is 4.52. The number of anilines is 1. The van der Waals surface area contributed by atoms with Crippen molar-refractivity contribution in [3.8, 4) is 11.5 Å². The van der Waals surface area contributed by atoms with Gasteiger partial charge in [0.1, 0.15) is 5.69 Å². The maximum Gasteiger partial charge on any atom is 0.226 e. The molecule has 1 amide bonds. The second-order valence-corrected chi connectivity index (χ2v) is 5.37. The average Bonchev–Trinajstić information content (AvgIpc) is 3.08. The van der Waals surface area contributed by atoms with E-state index in [0.717, 1.165) is 37.9 Å². The number of aromatic nitrogens is 1. The van der Waals surface area contributed by atoms with E-state index < -0.39 is 0 Å².